The van der Waals surface area contributed by atoms with E-state index in [1.54, 1.807) is 6.92 Å². The zero-order valence-corrected chi connectivity index (χ0v) is 19.8. The van der Waals surface area contributed by atoms with E-state index in [-0.39, 0.29) is 39.4 Å². The van der Waals surface area contributed by atoms with Crippen LogP contribution in [-0.2, 0) is 16.2 Å². The molecule has 0 aliphatic heterocycles. The maximum absolute atomic E-state index is 13.5. The van der Waals surface area contributed by atoms with Crippen LogP contribution in [0, 0.1) is 5.82 Å². The Morgan fingerprint density at radius 1 is 1.11 bits per heavy atom. The molecular weight excluding hydrogens is 526 g/mol. The molecular formula is C21H16ClF4N7O2S. The minimum absolute atomic E-state index is 0.0649. The van der Waals surface area contributed by atoms with Gasteiger partial charge in [0, 0.05) is 48.1 Å². The smallest absolute Gasteiger partial charge is 0.324 e. The van der Waals surface area contributed by atoms with Crippen LogP contribution in [0.15, 0.2) is 60.0 Å². The lowest BCUT2D eigenvalue weighted by atomic mass is 10.1. The van der Waals surface area contributed by atoms with E-state index in [0.29, 0.717) is 5.69 Å². The number of nitrogens with one attached hydrogen (secondary N) is 2. The molecule has 0 saturated heterocycles. The summed E-state index contributed by atoms with van der Waals surface area (Å²) in [6.07, 6.45) is 0.0666. The van der Waals surface area contributed by atoms with Crippen molar-refractivity contribution in [1.29, 1.82) is 0 Å². The molecule has 1 aromatic carbocycles. The maximum Gasteiger partial charge on any atom is 0.435 e. The lowest BCUT2D eigenvalue weighted by Gasteiger charge is -2.13. The Bertz CT molecular complexity index is 1530. The van der Waals surface area contributed by atoms with Gasteiger partial charge in [-0.3, -0.25) is 4.98 Å². The first-order chi connectivity index (χ1) is 17.0. The SMILES string of the molecule is CCNS(=O)(=O)c1cncc(-c2cnc(Nc3ccc(F)c(Cl)c3)nc2-n2ccc(C(F)(F)F)n2)c1. The summed E-state index contributed by atoms with van der Waals surface area (Å²) in [5.41, 5.74) is -0.481. The van der Waals surface area contributed by atoms with E-state index in [9.17, 15) is 26.0 Å². The van der Waals surface area contributed by atoms with Crippen LogP contribution in [0.3, 0.4) is 0 Å². The van der Waals surface area contributed by atoms with Crippen LogP contribution in [0.4, 0.5) is 29.2 Å². The molecule has 0 fully saturated rings. The van der Waals surface area contributed by atoms with E-state index in [0.717, 1.165) is 29.2 Å². The summed E-state index contributed by atoms with van der Waals surface area (Å²) in [5.74, 6) is -0.809. The second-order valence-electron chi connectivity index (χ2n) is 7.24. The van der Waals surface area contributed by atoms with Gasteiger partial charge in [0.25, 0.3) is 0 Å². The van der Waals surface area contributed by atoms with Gasteiger partial charge in [0.1, 0.15) is 10.7 Å². The summed E-state index contributed by atoms with van der Waals surface area (Å²) in [7, 11) is -3.87. The van der Waals surface area contributed by atoms with Crippen molar-refractivity contribution in [3.63, 3.8) is 0 Å². The molecule has 0 aliphatic rings. The van der Waals surface area contributed by atoms with Crippen molar-refractivity contribution in [3.05, 3.63) is 71.7 Å². The predicted molar refractivity (Wildman–Crippen MR) is 123 cm³/mol. The molecule has 0 spiro atoms. The van der Waals surface area contributed by atoms with Crippen LogP contribution in [0.1, 0.15) is 12.6 Å². The molecule has 0 saturated carbocycles. The molecule has 0 amide bonds. The number of nitrogens with zero attached hydrogens (tertiary/aromatic N) is 5. The van der Waals surface area contributed by atoms with E-state index >= 15 is 0 Å². The number of rotatable bonds is 7. The average Bonchev–Trinajstić information content (AvgIpc) is 3.33. The molecule has 15 heteroatoms. The molecule has 3 heterocycles. The first-order valence-electron chi connectivity index (χ1n) is 10.2. The molecule has 4 aromatic rings. The van der Waals surface area contributed by atoms with E-state index in [4.69, 9.17) is 11.6 Å². The van der Waals surface area contributed by atoms with Gasteiger partial charge in [0.15, 0.2) is 11.5 Å². The first kappa shape index (κ1) is 25.5. The van der Waals surface area contributed by atoms with Crippen molar-refractivity contribution in [2.24, 2.45) is 0 Å². The molecule has 0 bridgehead atoms. The van der Waals surface area contributed by atoms with Crippen LogP contribution in [0.5, 0.6) is 0 Å². The summed E-state index contributed by atoms with van der Waals surface area (Å²) >= 11 is 5.79. The van der Waals surface area contributed by atoms with Crippen LogP contribution >= 0.6 is 11.6 Å². The van der Waals surface area contributed by atoms with E-state index in [1.807, 2.05) is 0 Å². The molecule has 4 rings (SSSR count). The average molecular weight is 542 g/mol. The van der Waals surface area contributed by atoms with E-state index in [2.05, 4.69) is 30.1 Å². The van der Waals surface area contributed by atoms with Crippen molar-refractivity contribution in [3.8, 4) is 16.9 Å². The number of hydrogen-bond acceptors (Lipinski definition) is 7. The zero-order valence-electron chi connectivity index (χ0n) is 18.3. The number of sulfonamides is 1. The normalized spacial score (nSPS) is 12.1. The second kappa shape index (κ2) is 9.79. The third-order valence-corrected chi connectivity index (χ3v) is 6.51. The van der Waals surface area contributed by atoms with Gasteiger partial charge in [-0.05, 0) is 30.3 Å². The highest BCUT2D eigenvalue weighted by Crippen LogP contribution is 2.31. The highest BCUT2D eigenvalue weighted by Gasteiger charge is 2.34. The number of pyridine rings is 1. The van der Waals surface area contributed by atoms with Gasteiger partial charge in [-0.1, -0.05) is 18.5 Å². The first-order valence-corrected chi connectivity index (χ1v) is 12.0. The number of halogens is 5. The monoisotopic (exact) mass is 541 g/mol. The third kappa shape index (κ3) is 5.45. The summed E-state index contributed by atoms with van der Waals surface area (Å²) in [5, 5.41) is 6.19. The number of hydrogen-bond donors (Lipinski definition) is 2. The van der Waals surface area contributed by atoms with Gasteiger partial charge < -0.3 is 5.32 Å². The van der Waals surface area contributed by atoms with Gasteiger partial charge in [0.2, 0.25) is 16.0 Å². The lowest BCUT2D eigenvalue weighted by molar-refractivity contribution is -0.141. The van der Waals surface area contributed by atoms with Crippen LogP contribution in [0.25, 0.3) is 16.9 Å². The summed E-state index contributed by atoms with van der Waals surface area (Å²) in [4.78, 5) is 12.2. The second-order valence-corrected chi connectivity index (χ2v) is 9.41. The van der Waals surface area contributed by atoms with Crippen LogP contribution in [-0.4, -0.2) is 39.7 Å². The highest BCUT2D eigenvalue weighted by atomic mass is 35.5. The Labute approximate surface area is 207 Å². The van der Waals surface area contributed by atoms with Crippen LogP contribution in [0.2, 0.25) is 5.02 Å². The minimum Gasteiger partial charge on any atom is -0.324 e. The quantitative estimate of drug-likeness (QED) is 0.329. The number of benzene rings is 1. The zero-order chi connectivity index (χ0) is 26.1. The Hall–Kier alpha value is -3.62. The van der Waals surface area contributed by atoms with Gasteiger partial charge >= 0.3 is 6.18 Å². The standard InChI is InChI=1S/C21H16ClF4N7O2S/c1-2-29-36(34,35)14-7-12(9-27-10-14)15-11-28-20(30-13-3-4-17(23)16(22)8-13)31-19(15)33-6-5-18(32-33)21(24,25)26/h3-11,29H,2H2,1H3,(H,28,30,31). The molecule has 0 unspecified atom stereocenters. The van der Waals surface area contributed by atoms with Crippen molar-refractivity contribution < 1.29 is 26.0 Å². The molecule has 2 N–H and O–H groups in total. The summed E-state index contributed by atoms with van der Waals surface area (Å²) in [6.45, 7) is 1.75. The van der Waals surface area contributed by atoms with E-state index in [1.165, 1.54) is 30.6 Å². The molecule has 0 radical (unpaired) electrons. The van der Waals surface area contributed by atoms with Crippen molar-refractivity contribution >= 4 is 33.3 Å². The fourth-order valence-corrected chi connectivity index (χ4v) is 4.30. The van der Waals surface area contributed by atoms with Crippen molar-refractivity contribution in [2.45, 2.75) is 18.0 Å². The fourth-order valence-electron chi connectivity index (χ4n) is 3.09. The van der Waals surface area contributed by atoms with Gasteiger partial charge in [-0.15, -0.1) is 0 Å². The Morgan fingerprint density at radius 3 is 2.56 bits per heavy atom. The molecule has 36 heavy (non-hydrogen) atoms. The Kier molecular flexibility index (Phi) is 6.93. The largest absolute Gasteiger partial charge is 0.435 e. The maximum atomic E-state index is 13.5. The Balaban J connectivity index is 1.83. The topological polar surface area (TPSA) is 115 Å². The molecule has 9 nitrogen and oxygen atoms in total. The Morgan fingerprint density at radius 2 is 1.89 bits per heavy atom. The van der Waals surface area contributed by atoms with E-state index < -0.39 is 27.7 Å². The van der Waals surface area contributed by atoms with Gasteiger partial charge in [-0.25, -0.2) is 27.2 Å². The van der Waals surface area contributed by atoms with Crippen molar-refractivity contribution in [1.82, 2.24) is 29.5 Å². The third-order valence-electron chi connectivity index (χ3n) is 4.71. The molecule has 3 aromatic heterocycles. The molecule has 0 atom stereocenters. The fraction of sp³-hybridized carbons (Fsp3) is 0.143. The van der Waals surface area contributed by atoms with Crippen molar-refractivity contribution in [2.75, 3.05) is 11.9 Å². The molecule has 0 aliphatic carbocycles. The van der Waals surface area contributed by atoms with Crippen LogP contribution < -0.4 is 10.0 Å². The summed E-state index contributed by atoms with van der Waals surface area (Å²) < 4.78 is 81.1. The minimum atomic E-state index is -4.70. The predicted octanol–water partition coefficient (Wildman–Crippen LogP) is 4.58. The lowest BCUT2D eigenvalue weighted by Crippen LogP contribution is -2.23. The number of alkyl halides is 3. The number of aromatic nitrogens is 5. The number of anilines is 2. The van der Waals surface area contributed by atoms with Gasteiger partial charge in [0.05, 0.1) is 5.02 Å². The summed E-state index contributed by atoms with van der Waals surface area (Å²) in [6, 6.07) is 5.82. The molecule has 188 valence electrons. The van der Waals surface area contributed by atoms with Gasteiger partial charge in [-0.2, -0.15) is 23.3 Å². The highest BCUT2D eigenvalue weighted by molar-refractivity contribution is 7.89.